The molecule has 2 aromatic carbocycles. The van der Waals surface area contributed by atoms with Gasteiger partial charge in [-0.05, 0) is 30.2 Å². The number of para-hydroxylation sites is 2. The van der Waals surface area contributed by atoms with Gasteiger partial charge in [0.15, 0.2) is 11.0 Å². The van der Waals surface area contributed by atoms with Crippen molar-refractivity contribution < 1.29 is 4.57 Å². The molecule has 2 heteroatoms. The zero-order valence-corrected chi connectivity index (χ0v) is 11.8. The van der Waals surface area contributed by atoms with Crippen LogP contribution in [0.15, 0.2) is 67.5 Å². The number of aromatic nitrogens is 2. The second kappa shape index (κ2) is 5.33. The van der Waals surface area contributed by atoms with E-state index in [2.05, 4.69) is 77.5 Å². The Morgan fingerprint density at radius 1 is 1.10 bits per heavy atom. The lowest BCUT2D eigenvalue weighted by Gasteiger charge is -2.02. The summed E-state index contributed by atoms with van der Waals surface area (Å²) in [6.45, 7) is 7.74. The fourth-order valence-electron chi connectivity index (χ4n) is 2.62. The van der Waals surface area contributed by atoms with Gasteiger partial charge in [-0.1, -0.05) is 49.1 Å². The predicted molar refractivity (Wildman–Crippen MR) is 82.6 cm³/mol. The lowest BCUT2D eigenvalue weighted by Crippen LogP contribution is -2.33. The van der Waals surface area contributed by atoms with Gasteiger partial charge in [-0.15, -0.1) is 0 Å². The van der Waals surface area contributed by atoms with Crippen molar-refractivity contribution >= 4 is 11.0 Å². The molecule has 0 radical (unpaired) electrons. The molecular weight excluding hydrogens is 244 g/mol. The molecule has 0 bridgehead atoms. The first-order valence-corrected chi connectivity index (χ1v) is 6.92. The lowest BCUT2D eigenvalue weighted by atomic mass is 10.1. The SMILES string of the molecule is C=CCn1c[n+](Cc2ccccc2C)c2ccccc21. The monoisotopic (exact) mass is 263 g/mol. The van der Waals surface area contributed by atoms with Gasteiger partial charge in [0.2, 0.25) is 6.33 Å². The van der Waals surface area contributed by atoms with Crippen molar-refractivity contribution in [1.29, 1.82) is 0 Å². The van der Waals surface area contributed by atoms with E-state index in [0.29, 0.717) is 0 Å². The molecule has 0 unspecified atom stereocenters. The first-order chi connectivity index (χ1) is 9.79. The van der Waals surface area contributed by atoms with Crippen molar-refractivity contribution in [2.45, 2.75) is 20.0 Å². The molecule has 0 saturated heterocycles. The third kappa shape index (κ3) is 2.25. The second-order valence-electron chi connectivity index (χ2n) is 5.10. The van der Waals surface area contributed by atoms with Gasteiger partial charge >= 0.3 is 0 Å². The van der Waals surface area contributed by atoms with E-state index in [1.165, 1.54) is 22.2 Å². The number of fused-ring (bicyclic) bond motifs is 1. The van der Waals surface area contributed by atoms with Crippen LogP contribution in [0.3, 0.4) is 0 Å². The van der Waals surface area contributed by atoms with E-state index in [1.54, 1.807) is 0 Å². The standard InChI is InChI=1S/C18H19N2/c1-3-12-19-14-20(18-11-7-6-10-17(18)19)13-16-9-5-4-8-15(16)2/h3-11,14H,1,12-13H2,2H3/q+1. The average molecular weight is 263 g/mol. The van der Waals surface area contributed by atoms with E-state index in [4.69, 9.17) is 0 Å². The number of aryl methyl sites for hydroxylation is 1. The predicted octanol–water partition coefficient (Wildman–Crippen LogP) is 3.47. The van der Waals surface area contributed by atoms with Crippen LogP contribution in [0, 0.1) is 6.92 Å². The number of imidazole rings is 1. The largest absolute Gasteiger partial charge is 0.245 e. The minimum Gasteiger partial charge on any atom is -0.226 e. The summed E-state index contributed by atoms with van der Waals surface area (Å²) in [7, 11) is 0. The molecule has 0 amide bonds. The van der Waals surface area contributed by atoms with Crippen LogP contribution in [-0.2, 0) is 13.1 Å². The molecule has 0 fully saturated rings. The third-order valence-electron chi connectivity index (χ3n) is 3.71. The van der Waals surface area contributed by atoms with Gasteiger partial charge in [0.1, 0.15) is 13.1 Å². The smallest absolute Gasteiger partial charge is 0.226 e. The van der Waals surface area contributed by atoms with Gasteiger partial charge in [0.25, 0.3) is 0 Å². The number of nitrogens with zero attached hydrogens (tertiary/aromatic N) is 2. The highest BCUT2D eigenvalue weighted by Gasteiger charge is 2.14. The molecular formula is C18H19N2+. The molecule has 1 heterocycles. The number of hydrogen-bond donors (Lipinski definition) is 0. The van der Waals surface area contributed by atoms with Crippen molar-refractivity contribution in [2.24, 2.45) is 0 Å². The Kier molecular flexibility index (Phi) is 3.38. The Bertz CT molecular complexity index is 753. The Balaban J connectivity index is 2.08. The molecule has 3 aromatic rings. The Labute approximate surface area is 119 Å². The molecule has 0 atom stereocenters. The van der Waals surface area contributed by atoms with Crippen LogP contribution in [0.5, 0.6) is 0 Å². The average Bonchev–Trinajstić information content (AvgIpc) is 2.81. The van der Waals surface area contributed by atoms with Crippen LogP contribution in [0.4, 0.5) is 0 Å². The van der Waals surface area contributed by atoms with Gasteiger partial charge in [-0.25, -0.2) is 9.13 Å². The van der Waals surface area contributed by atoms with Crippen LogP contribution >= 0.6 is 0 Å². The Morgan fingerprint density at radius 3 is 2.65 bits per heavy atom. The second-order valence-corrected chi connectivity index (χ2v) is 5.10. The summed E-state index contributed by atoms with van der Waals surface area (Å²) >= 11 is 0. The minimum atomic E-state index is 0.835. The van der Waals surface area contributed by atoms with E-state index < -0.39 is 0 Å². The number of benzene rings is 2. The van der Waals surface area contributed by atoms with Crippen LogP contribution < -0.4 is 4.57 Å². The van der Waals surface area contributed by atoms with Crippen LogP contribution in [0.25, 0.3) is 11.0 Å². The lowest BCUT2D eigenvalue weighted by molar-refractivity contribution is -0.663. The molecule has 20 heavy (non-hydrogen) atoms. The topological polar surface area (TPSA) is 8.81 Å². The number of rotatable bonds is 4. The Hall–Kier alpha value is -2.35. The zero-order chi connectivity index (χ0) is 13.9. The zero-order valence-electron chi connectivity index (χ0n) is 11.8. The number of hydrogen-bond acceptors (Lipinski definition) is 0. The summed E-state index contributed by atoms with van der Waals surface area (Å²) in [5.41, 5.74) is 5.21. The van der Waals surface area contributed by atoms with E-state index in [1.807, 2.05) is 6.08 Å². The van der Waals surface area contributed by atoms with Gasteiger partial charge in [-0.3, -0.25) is 0 Å². The maximum Gasteiger partial charge on any atom is 0.245 e. The van der Waals surface area contributed by atoms with Crippen LogP contribution in [0.2, 0.25) is 0 Å². The van der Waals surface area contributed by atoms with Crippen molar-refractivity contribution in [3.63, 3.8) is 0 Å². The highest BCUT2D eigenvalue weighted by Crippen LogP contribution is 2.13. The quantitative estimate of drug-likeness (QED) is 0.503. The molecule has 0 saturated carbocycles. The first kappa shape index (κ1) is 12.7. The maximum absolute atomic E-state index is 3.84. The molecule has 2 nitrogen and oxygen atoms in total. The molecule has 1 aromatic heterocycles. The van der Waals surface area contributed by atoms with Crippen LogP contribution in [0.1, 0.15) is 11.1 Å². The molecule has 100 valence electrons. The molecule has 0 aliphatic carbocycles. The molecule has 0 spiro atoms. The minimum absolute atomic E-state index is 0.835. The summed E-state index contributed by atoms with van der Waals surface area (Å²) in [5, 5.41) is 0. The molecule has 0 N–H and O–H groups in total. The molecule has 0 aliphatic rings. The van der Waals surface area contributed by atoms with E-state index in [9.17, 15) is 0 Å². The molecule has 3 rings (SSSR count). The summed E-state index contributed by atoms with van der Waals surface area (Å²) in [6.07, 6.45) is 4.11. The van der Waals surface area contributed by atoms with Crippen molar-refractivity contribution in [2.75, 3.05) is 0 Å². The summed E-state index contributed by atoms with van der Waals surface area (Å²) in [5.74, 6) is 0. The third-order valence-corrected chi connectivity index (χ3v) is 3.71. The fourth-order valence-corrected chi connectivity index (χ4v) is 2.62. The van der Waals surface area contributed by atoms with E-state index in [0.717, 1.165) is 13.1 Å². The van der Waals surface area contributed by atoms with E-state index >= 15 is 0 Å². The van der Waals surface area contributed by atoms with Crippen molar-refractivity contribution in [3.8, 4) is 0 Å². The van der Waals surface area contributed by atoms with Gasteiger partial charge in [0, 0.05) is 0 Å². The highest BCUT2D eigenvalue weighted by molar-refractivity contribution is 5.71. The highest BCUT2D eigenvalue weighted by atomic mass is 15.1. The fraction of sp³-hybridized carbons (Fsp3) is 0.167. The van der Waals surface area contributed by atoms with E-state index in [-0.39, 0.29) is 0 Å². The maximum atomic E-state index is 3.84. The van der Waals surface area contributed by atoms with Gasteiger partial charge in [-0.2, -0.15) is 0 Å². The summed E-state index contributed by atoms with van der Waals surface area (Å²) < 4.78 is 4.54. The number of allylic oxidation sites excluding steroid dienone is 1. The Morgan fingerprint density at radius 2 is 1.85 bits per heavy atom. The van der Waals surface area contributed by atoms with Crippen LogP contribution in [-0.4, -0.2) is 4.57 Å². The van der Waals surface area contributed by atoms with Gasteiger partial charge < -0.3 is 0 Å². The normalized spacial score (nSPS) is 10.8. The van der Waals surface area contributed by atoms with Crippen molar-refractivity contribution in [3.05, 3.63) is 78.6 Å². The summed E-state index contributed by atoms with van der Waals surface area (Å²) in [4.78, 5) is 0. The summed E-state index contributed by atoms with van der Waals surface area (Å²) in [6, 6.07) is 17.1. The first-order valence-electron chi connectivity index (χ1n) is 6.92. The van der Waals surface area contributed by atoms with Gasteiger partial charge in [0.05, 0.1) is 0 Å². The molecule has 0 aliphatic heterocycles. The van der Waals surface area contributed by atoms with Crippen molar-refractivity contribution in [1.82, 2.24) is 4.57 Å².